The molecule has 9 aromatic rings. The minimum atomic E-state index is 0.653. The molecule has 3 heteroatoms. The van der Waals surface area contributed by atoms with Crippen LogP contribution in [0.3, 0.4) is 0 Å². The number of thiophene rings is 1. The lowest BCUT2D eigenvalue weighted by atomic mass is 9.81. The van der Waals surface area contributed by atoms with Crippen LogP contribution in [0.5, 0.6) is 0 Å². The lowest BCUT2D eigenvalue weighted by Crippen LogP contribution is -1.96. The fourth-order valence-electron chi connectivity index (χ4n) is 6.86. The van der Waals surface area contributed by atoms with Crippen LogP contribution in [0.2, 0.25) is 0 Å². The summed E-state index contributed by atoms with van der Waals surface area (Å²) in [5.41, 5.74) is 11.1. The molecule has 7 aromatic carbocycles. The van der Waals surface area contributed by atoms with Gasteiger partial charge >= 0.3 is 0 Å². The zero-order valence-electron chi connectivity index (χ0n) is 24.7. The number of furan rings is 1. The third kappa shape index (κ3) is 4.16. The number of hydrogen-bond acceptors (Lipinski definition) is 3. The van der Waals surface area contributed by atoms with Gasteiger partial charge in [-0.05, 0) is 81.4 Å². The lowest BCUT2D eigenvalue weighted by molar-refractivity contribution is 0.669. The Labute approximate surface area is 270 Å². The zero-order chi connectivity index (χ0) is 30.6. The summed E-state index contributed by atoms with van der Waals surface area (Å²) in [4.78, 5) is 0. The van der Waals surface area contributed by atoms with Gasteiger partial charge in [0.1, 0.15) is 11.2 Å². The molecule has 2 aromatic heterocycles. The van der Waals surface area contributed by atoms with Gasteiger partial charge in [0, 0.05) is 36.5 Å². The van der Waals surface area contributed by atoms with E-state index in [1.807, 2.05) is 41.7 Å². The minimum Gasteiger partial charge on any atom is -0.456 e. The molecule has 0 aliphatic rings. The zero-order valence-corrected chi connectivity index (χ0v) is 25.5. The maximum absolute atomic E-state index is 10.2. The third-order valence-electron chi connectivity index (χ3n) is 8.96. The normalized spacial score (nSPS) is 11.5. The molecule has 214 valence electrons. The van der Waals surface area contributed by atoms with Crippen LogP contribution in [-0.4, -0.2) is 0 Å². The van der Waals surface area contributed by atoms with Crippen LogP contribution < -0.4 is 0 Å². The number of nitrogens with zero attached hydrogens (tertiary/aromatic N) is 1. The molecule has 2 heterocycles. The van der Waals surface area contributed by atoms with Gasteiger partial charge in [0.25, 0.3) is 0 Å². The quantitative estimate of drug-likeness (QED) is 0.201. The summed E-state index contributed by atoms with van der Waals surface area (Å²) in [5, 5.41) is 14.9. The van der Waals surface area contributed by atoms with Gasteiger partial charge in [0.15, 0.2) is 0 Å². The Kier molecular flexibility index (Phi) is 6.09. The van der Waals surface area contributed by atoms with Crippen molar-refractivity contribution in [3.63, 3.8) is 0 Å². The Bertz CT molecular complexity index is 2650. The first-order valence-electron chi connectivity index (χ1n) is 15.3. The summed E-state index contributed by atoms with van der Waals surface area (Å²) >= 11 is 1.82. The molecular formula is C43H25NOS. The molecule has 0 spiro atoms. The number of hydrogen-bond donors (Lipinski definition) is 0. The van der Waals surface area contributed by atoms with Gasteiger partial charge in [-0.25, -0.2) is 0 Å². The second-order valence-corrected chi connectivity index (χ2v) is 12.6. The number of benzene rings is 7. The van der Waals surface area contributed by atoms with Crippen molar-refractivity contribution in [2.45, 2.75) is 0 Å². The van der Waals surface area contributed by atoms with E-state index in [0.29, 0.717) is 5.56 Å². The molecule has 0 saturated carbocycles. The summed E-state index contributed by atoms with van der Waals surface area (Å²) in [6.07, 6.45) is 0. The summed E-state index contributed by atoms with van der Waals surface area (Å²) < 4.78 is 8.78. The predicted molar refractivity (Wildman–Crippen MR) is 193 cm³/mol. The van der Waals surface area contributed by atoms with Crippen molar-refractivity contribution < 1.29 is 4.42 Å². The van der Waals surface area contributed by atoms with E-state index in [9.17, 15) is 5.26 Å². The topological polar surface area (TPSA) is 36.9 Å². The number of rotatable bonds is 4. The van der Waals surface area contributed by atoms with Crippen LogP contribution >= 0.6 is 11.3 Å². The molecule has 0 aliphatic heterocycles. The number of para-hydroxylation sites is 1. The van der Waals surface area contributed by atoms with Gasteiger partial charge in [-0.1, -0.05) is 109 Å². The molecular weight excluding hydrogens is 579 g/mol. The molecule has 2 nitrogen and oxygen atoms in total. The van der Waals surface area contributed by atoms with E-state index >= 15 is 0 Å². The van der Waals surface area contributed by atoms with Crippen molar-refractivity contribution in [3.05, 3.63) is 157 Å². The Hall–Kier alpha value is -5.95. The highest BCUT2D eigenvalue weighted by atomic mass is 32.1. The van der Waals surface area contributed by atoms with E-state index < -0.39 is 0 Å². The molecule has 0 atom stereocenters. The predicted octanol–water partition coefficient (Wildman–Crippen LogP) is 12.5. The van der Waals surface area contributed by atoms with Crippen LogP contribution in [0, 0.1) is 11.3 Å². The van der Waals surface area contributed by atoms with Gasteiger partial charge in [0.05, 0.1) is 11.6 Å². The highest BCUT2D eigenvalue weighted by Crippen LogP contribution is 2.48. The molecule has 9 rings (SSSR count). The maximum Gasteiger partial charge on any atom is 0.135 e. The molecule has 0 aliphatic carbocycles. The third-order valence-corrected chi connectivity index (χ3v) is 10.1. The largest absolute Gasteiger partial charge is 0.456 e. The average molecular weight is 604 g/mol. The van der Waals surface area contributed by atoms with Crippen molar-refractivity contribution >= 4 is 53.4 Å². The van der Waals surface area contributed by atoms with Crippen LogP contribution in [0.25, 0.3) is 86.6 Å². The molecule has 46 heavy (non-hydrogen) atoms. The molecule has 0 amide bonds. The summed E-state index contributed by atoms with van der Waals surface area (Å²) in [5.74, 6) is 0. The fraction of sp³-hybridized carbons (Fsp3) is 0. The Morgan fingerprint density at radius 1 is 0.435 bits per heavy atom. The molecule has 0 saturated heterocycles. The van der Waals surface area contributed by atoms with E-state index in [4.69, 9.17) is 4.42 Å². The van der Waals surface area contributed by atoms with E-state index in [1.165, 1.54) is 20.2 Å². The lowest BCUT2D eigenvalue weighted by Gasteiger charge is -2.21. The van der Waals surface area contributed by atoms with Gasteiger partial charge < -0.3 is 4.42 Å². The van der Waals surface area contributed by atoms with Crippen LogP contribution in [0.15, 0.2) is 156 Å². The average Bonchev–Trinajstić information content (AvgIpc) is 3.69. The minimum absolute atomic E-state index is 0.653. The second kappa shape index (κ2) is 10.6. The number of fused-ring (bicyclic) bond motifs is 6. The second-order valence-electron chi connectivity index (χ2n) is 11.6. The Balaban J connectivity index is 1.44. The maximum atomic E-state index is 10.2. The Morgan fingerprint density at radius 3 is 1.93 bits per heavy atom. The first-order chi connectivity index (χ1) is 22.8. The molecule has 0 unspecified atom stereocenters. The van der Waals surface area contributed by atoms with Crippen LogP contribution in [-0.2, 0) is 0 Å². The molecule has 0 bridgehead atoms. The van der Waals surface area contributed by atoms with Crippen LogP contribution in [0.4, 0.5) is 0 Å². The van der Waals surface area contributed by atoms with Crippen molar-refractivity contribution in [1.82, 2.24) is 0 Å². The first kappa shape index (κ1) is 26.5. The summed E-state index contributed by atoms with van der Waals surface area (Å²) in [6, 6.07) is 55.6. The standard InChI is InChI=1S/C43H25NOS/c44-26-30-12-4-5-13-31(30)35-21-20-32(27-10-2-1-3-11-27)42(28-18-22-39-36(24-28)33-14-6-8-16-38(33)45-39)43(35)29-19-23-41-37(25-29)34-15-7-9-17-40(34)46-41/h1-25H. The fourth-order valence-corrected chi connectivity index (χ4v) is 7.95. The highest BCUT2D eigenvalue weighted by molar-refractivity contribution is 7.25. The van der Waals surface area contributed by atoms with Crippen molar-refractivity contribution in [3.8, 4) is 50.6 Å². The van der Waals surface area contributed by atoms with E-state index in [2.05, 4.69) is 127 Å². The molecule has 0 N–H and O–H groups in total. The van der Waals surface area contributed by atoms with Gasteiger partial charge in [0.2, 0.25) is 0 Å². The summed E-state index contributed by atoms with van der Waals surface area (Å²) in [7, 11) is 0. The van der Waals surface area contributed by atoms with Gasteiger partial charge in [-0.2, -0.15) is 5.26 Å². The monoisotopic (exact) mass is 603 g/mol. The smallest absolute Gasteiger partial charge is 0.135 e. The Morgan fingerprint density at radius 2 is 1.07 bits per heavy atom. The van der Waals surface area contributed by atoms with E-state index in [1.54, 1.807) is 0 Å². The van der Waals surface area contributed by atoms with Crippen molar-refractivity contribution in [1.29, 1.82) is 5.26 Å². The molecule has 0 fully saturated rings. The van der Waals surface area contributed by atoms with E-state index in [0.717, 1.165) is 66.4 Å². The SMILES string of the molecule is N#Cc1ccccc1-c1ccc(-c2ccccc2)c(-c2ccc3oc4ccccc4c3c2)c1-c1ccc2sc3ccccc3c2c1. The van der Waals surface area contributed by atoms with Gasteiger partial charge in [-0.15, -0.1) is 11.3 Å². The molecule has 0 radical (unpaired) electrons. The highest BCUT2D eigenvalue weighted by Gasteiger charge is 2.22. The van der Waals surface area contributed by atoms with Crippen molar-refractivity contribution in [2.75, 3.05) is 0 Å². The first-order valence-corrected chi connectivity index (χ1v) is 16.1. The van der Waals surface area contributed by atoms with Crippen molar-refractivity contribution in [2.24, 2.45) is 0 Å². The number of nitriles is 1. The van der Waals surface area contributed by atoms with E-state index in [-0.39, 0.29) is 0 Å². The van der Waals surface area contributed by atoms with Gasteiger partial charge in [-0.3, -0.25) is 0 Å². The van der Waals surface area contributed by atoms with Crippen LogP contribution in [0.1, 0.15) is 5.56 Å². The summed E-state index contributed by atoms with van der Waals surface area (Å²) in [6.45, 7) is 0.